The van der Waals surface area contributed by atoms with Crippen molar-refractivity contribution in [3.63, 3.8) is 0 Å². The van der Waals surface area contributed by atoms with Crippen LogP contribution in [0.25, 0.3) is 0 Å². The lowest BCUT2D eigenvalue weighted by Crippen LogP contribution is -2.31. The Morgan fingerprint density at radius 2 is 1.88 bits per heavy atom. The Hall–Kier alpha value is -0.510. The average molecular weight is 251 g/mol. The summed E-state index contributed by atoms with van der Waals surface area (Å²) in [4.78, 5) is 2.37. The number of hydrogen-bond donors (Lipinski definition) is 1. The summed E-state index contributed by atoms with van der Waals surface area (Å²) in [5, 5.41) is 9.93. The molecule has 17 heavy (non-hydrogen) atoms. The molecule has 1 aliphatic rings. The van der Waals surface area contributed by atoms with Crippen molar-refractivity contribution in [3.8, 4) is 0 Å². The Bertz CT molecular complexity index is 311. The van der Waals surface area contributed by atoms with Crippen molar-refractivity contribution >= 4 is 11.8 Å². The highest BCUT2D eigenvalue weighted by Crippen LogP contribution is 2.14. The zero-order chi connectivity index (χ0) is 11.9. The molecule has 1 atom stereocenters. The Morgan fingerprint density at radius 1 is 1.18 bits per heavy atom. The zero-order valence-electron chi connectivity index (χ0n) is 10.2. The predicted molar refractivity (Wildman–Crippen MR) is 74.3 cm³/mol. The summed E-state index contributed by atoms with van der Waals surface area (Å²) in [7, 11) is 0. The lowest BCUT2D eigenvalue weighted by molar-refractivity contribution is 0.144. The molecule has 1 aliphatic heterocycles. The number of thioether (sulfide) groups is 1. The van der Waals surface area contributed by atoms with Crippen LogP contribution < -0.4 is 0 Å². The molecule has 1 saturated heterocycles. The molecule has 0 radical (unpaired) electrons. The first kappa shape index (κ1) is 12.9. The number of aliphatic hydroxyl groups is 1. The third-order valence-electron chi connectivity index (χ3n) is 3.09. The zero-order valence-corrected chi connectivity index (χ0v) is 11.0. The number of nitrogens with zero attached hydrogens (tertiary/aromatic N) is 1. The van der Waals surface area contributed by atoms with Gasteiger partial charge in [-0.3, -0.25) is 0 Å². The van der Waals surface area contributed by atoms with Crippen LogP contribution in [0.2, 0.25) is 0 Å². The quantitative estimate of drug-likeness (QED) is 0.839. The highest BCUT2D eigenvalue weighted by Gasteiger charge is 2.15. The van der Waals surface area contributed by atoms with E-state index < -0.39 is 0 Å². The van der Waals surface area contributed by atoms with E-state index in [0.717, 1.165) is 18.1 Å². The summed E-state index contributed by atoms with van der Waals surface area (Å²) >= 11 is 1.82. The van der Waals surface area contributed by atoms with Crippen LogP contribution in [0.15, 0.2) is 30.3 Å². The van der Waals surface area contributed by atoms with Crippen LogP contribution in [0.5, 0.6) is 0 Å². The van der Waals surface area contributed by atoms with E-state index in [2.05, 4.69) is 29.2 Å². The first-order valence-corrected chi connectivity index (χ1v) is 7.52. The lowest BCUT2D eigenvalue weighted by Gasteiger charge is -2.18. The molecule has 0 aliphatic carbocycles. The van der Waals surface area contributed by atoms with E-state index in [4.69, 9.17) is 0 Å². The Morgan fingerprint density at radius 3 is 2.59 bits per heavy atom. The molecule has 0 spiro atoms. The average Bonchev–Trinajstić information content (AvgIpc) is 2.83. The van der Waals surface area contributed by atoms with E-state index >= 15 is 0 Å². The summed E-state index contributed by atoms with van der Waals surface area (Å²) in [6.45, 7) is 3.18. The minimum Gasteiger partial charge on any atom is -0.391 e. The molecule has 2 nitrogen and oxygen atoms in total. The smallest absolute Gasteiger partial charge is 0.0757 e. The van der Waals surface area contributed by atoms with Crippen molar-refractivity contribution in [1.82, 2.24) is 4.90 Å². The number of aliphatic hydroxyl groups excluding tert-OH is 1. The van der Waals surface area contributed by atoms with E-state index in [9.17, 15) is 5.11 Å². The summed E-state index contributed by atoms with van der Waals surface area (Å²) in [5.74, 6) is 1.84. The van der Waals surface area contributed by atoms with Gasteiger partial charge in [-0.2, -0.15) is 11.8 Å². The SMILES string of the molecule is OC(CSCc1ccccc1)CN1CCCC1. The summed E-state index contributed by atoms with van der Waals surface area (Å²) in [6.07, 6.45) is 2.41. The molecule has 2 rings (SSSR count). The molecule has 1 aromatic rings. The normalized spacial score (nSPS) is 18.4. The molecule has 0 saturated carbocycles. The van der Waals surface area contributed by atoms with Gasteiger partial charge in [-0.25, -0.2) is 0 Å². The van der Waals surface area contributed by atoms with Gasteiger partial charge >= 0.3 is 0 Å². The van der Waals surface area contributed by atoms with E-state index in [1.54, 1.807) is 0 Å². The first-order chi connectivity index (χ1) is 8.34. The molecule has 1 heterocycles. The number of benzene rings is 1. The molecule has 0 aromatic heterocycles. The van der Waals surface area contributed by atoms with Crippen LogP contribution in [0, 0.1) is 0 Å². The summed E-state index contributed by atoms with van der Waals surface area (Å²) in [6, 6.07) is 10.4. The van der Waals surface area contributed by atoms with Crippen LogP contribution in [0.1, 0.15) is 18.4 Å². The van der Waals surface area contributed by atoms with Gasteiger partial charge in [-0.1, -0.05) is 30.3 Å². The number of rotatable bonds is 6. The monoisotopic (exact) mass is 251 g/mol. The maximum Gasteiger partial charge on any atom is 0.0757 e. The number of likely N-dealkylation sites (tertiary alicyclic amines) is 1. The Balaban J connectivity index is 1.61. The second-order valence-corrected chi connectivity index (χ2v) is 5.69. The van der Waals surface area contributed by atoms with Gasteiger partial charge in [-0.05, 0) is 31.5 Å². The minimum atomic E-state index is -0.179. The molecule has 1 fully saturated rings. The van der Waals surface area contributed by atoms with E-state index in [-0.39, 0.29) is 6.10 Å². The highest BCUT2D eigenvalue weighted by molar-refractivity contribution is 7.98. The molecular weight excluding hydrogens is 230 g/mol. The maximum absolute atomic E-state index is 9.93. The fourth-order valence-corrected chi connectivity index (χ4v) is 3.13. The van der Waals surface area contributed by atoms with E-state index in [1.165, 1.54) is 31.5 Å². The van der Waals surface area contributed by atoms with Gasteiger partial charge < -0.3 is 10.0 Å². The van der Waals surface area contributed by atoms with Crippen LogP contribution in [0.3, 0.4) is 0 Å². The summed E-state index contributed by atoms with van der Waals surface area (Å²) in [5.41, 5.74) is 1.34. The first-order valence-electron chi connectivity index (χ1n) is 6.36. The summed E-state index contributed by atoms with van der Waals surface area (Å²) < 4.78 is 0. The fraction of sp³-hybridized carbons (Fsp3) is 0.571. The standard InChI is InChI=1S/C14H21NOS/c16-14(10-15-8-4-5-9-15)12-17-11-13-6-2-1-3-7-13/h1-3,6-7,14,16H,4-5,8-12H2. The predicted octanol–water partition coefficient (Wildman–Crippen LogP) is 2.38. The van der Waals surface area contributed by atoms with Gasteiger partial charge in [0.05, 0.1) is 6.10 Å². The largest absolute Gasteiger partial charge is 0.391 e. The minimum absolute atomic E-state index is 0.179. The maximum atomic E-state index is 9.93. The lowest BCUT2D eigenvalue weighted by atomic mass is 10.2. The van der Waals surface area contributed by atoms with Gasteiger partial charge in [-0.15, -0.1) is 0 Å². The Labute approximate surface area is 108 Å². The second-order valence-electron chi connectivity index (χ2n) is 4.66. The van der Waals surface area contributed by atoms with Crippen LogP contribution in [0.4, 0.5) is 0 Å². The van der Waals surface area contributed by atoms with Gasteiger partial charge in [0.25, 0.3) is 0 Å². The van der Waals surface area contributed by atoms with Crippen molar-refractivity contribution < 1.29 is 5.11 Å². The van der Waals surface area contributed by atoms with Gasteiger partial charge in [0.1, 0.15) is 0 Å². The third-order valence-corrected chi connectivity index (χ3v) is 4.25. The van der Waals surface area contributed by atoms with Crippen LogP contribution >= 0.6 is 11.8 Å². The van der Waals surface area contributed by atoms with Crippen LogP contribution in [-0.4, -0.2) is 41.5 Å². The third kappa shape index (κ3) is 4.70. The van der Waals surface area contributed by atoms with Gasteiger partial charge in [0, 0.05) is 18.1 Å². The number of β-amino-alcohol motifs (C(OH)–C–C–N with tert-alkyl or cyclic N) is 1. The molecule has 1 aromatic carbocycles. The van der Waals surface area contributed by atoms with Crippen molar-refractivity contribution in [2.45, 2.75) is 24.7 Å². The van der Waals surface area contributed by atoms with Gasteiger partial charge in [0.15, 0.2) is 0 Å². The molecular formula is C14H21NOS. The van der Waals surface area contributed by atoms with Crippen molar-refractivity contribution in [1.29, 1.82) is 0 Å². The molecule has 94 valence electrons. The molecule has 0 amide bonds. The molecule has 3 heteroatoms. The highest BCUT2D eigenvalue weighted by atomic mass is 32.2. The van der Waals surface area contributed by atoms with E-state index in [1.807, 2.05) is 17.8 Å². The fourth-order valence-electron chi connectivity index (χ4n) is 2.20. The van der Waals surface area contributed by atoms with Gasteiger partial charge in [0.2, 0.25) is 0 Å². The molecule has 1 N–H and O–H groups in total. The van der Waals surface area contributed by atoms with E-state index in [0.29, 0.717) is 0 Å². The topological polar surface area (TPSA) is 23.5 Å². The van der Waals surface area contributed by atoms with Crippen molar-refractivity contribution in [2.24, 2.45) is 0 Å². The molecule has 0 bridgehead atoms. The van der Waals surface area contributed by atoms with Crippen LogP contribution in [-0.2, 0) is 5.75 Å². The number of hydrogen-bond acceptors (Lipinski definition) is 3. The second kappa shape index (κ2) is 7.04. The van der Waals surface area contributed by atoms with Crippen molar-refractivity contribution in [3.05, 3.63) is 35.9 Å². The Kier molecular flexibility index (Phi) is 5.36. The molecule has 1 unspecified atom stereocenters. The van der Waals surface area contributed by atoms with Crippen molar-refractivity contribution in [2.75, 3.05) is 25.4 Å².